The molecule has 0 saturated carbocycles. The van der Waals surface area contributed by atoms with Gasteiger partial charge >= 0.3 is 0 Å². The van der Waals surface area contributed by atoms with E-state index < -0.39 is 6.10 Å². The molecule has 1 rings (SSSR count). The van der Waals surface area contributed by atoms with Crippen LogP contribution in [0.15, 0.2) is 36.4 Å². The average molecular weight is 275 g/mol. The van der Waals surface area contributed by atoms with Crippen molar-refractivity contribution in [1.29, 1.82) is 0 Å². The van der Waals surface area contributed by atoms with Crippen LogP contribution < -0.4 is 5.32 Å². The maximum absolute atomic E-state index is 11.6. The van der Waals surface area contributed by atoms with Crippen LogP contribution in [-0.2, 0) is 4.79 Å². The number of allylic oxidation sites excluding steroid dienone is 1. The number of aliphatic hydroxyl groups excluding tert-OH is 1. The van der Waals surface area contributed by atoms with Gasteiger partial charge in [-0.25, -0.2) is 0 Å². The summed E-state index contributed by atoms with van der Waals surface area (Å²) in [5.41, 5.74) is 1.14. The highest BCUT2D eigenvalue weighted by Crippen LogP contribution is 2.06. The molecule has 0 spiro atoms. The van der Waals surface area contributed by atoms with E-state index in [4.69, 9.17) is 0 Å². The molecule has 3 heteroatoms. The number of hydrogen-bond acceptors (Lipinski definition) is 2. The Balaban J connectivity index is 2.19. The van der Waals surface area contributed by atoms with Crippen LogP contribution in [0.25, 0.3) is 6.08 Å². The average Bonchev–Trinajstić information content (AvgIpc) is 2.49. The first-order chi connectivity index (χ1) is 9.63. The van der Waals surface area contributed by atoms with Crippen molar-refractivity contribution in [2.75, 3.05) is 6.54 Å². The van der Waals surface area contributed by atoms with Crippen molar-refractivity contribution in [3.05, 3.63) is 42.0 Å². The molecule has 20 heavy (non-hydrogen) atoms. The minimum absolute atomic E-state index is 0.00920. The molecule has 0 aromatic heterocycles. The lowest BCUT2D eigenvalue weighted by Crippen LogP contribution is -2.35. The smallest absolute Gasteiger partial charge is 0.220 e. The van der Waals surface area contributed by atoms with Gasteiger partial charge in [-0.1, -0.05) is 62.8 Å². The zero-order valence-electron chi connectivity index (χ0n) is 12.4. The van der Waals surface area contributed by atoms with Gasteiger partial charge in [-0.2, -0.15) is 0 Å². The predicted molar refractivity (Wildman–Crippen MR) is 83.2 cm³/mol. The number of aliphatic hydroxyl groups is 1. The van der Waals surface area contributed by atoms with E-state index in [1.807, 2.05) is 56.3 Å². The van der Waals surface area contributed by atoms with E-state index in [2.05, 4.69) is 5.32 Å². The van der Waals surface area contributed by atoms with Crippen LogP contribution in [0.2, 0.25) is 0 Å². The SMILES string of the molecule is CCC(C)C(O)CNC(=O)CC/C=C/c1ccccc1. The number of carbonyl (C=O) groups excluding carboxylic acids is 1. The highest BCUT2D eigenvalue weighted by atomic mass is 16.3. The molecule has 2 N–H and O–H groups in total. The quantitative estimate of drug-likeness (QED) is 0.766. The molecule has 2 atom stereocenters. The Hall–Kier alpha value is -1.61. The Kier molecular flexibility index (Phi) is 7.66. The lowest BCUT2D eigenvalue weighted by Gasteiger charge is -2.17. The van der Waals surface area contributed by atoms with Gasteiger partial charge in [-0.3, -0.25) is 4.79 Å². The normalized spacial score (nSPS) is 14.2. The van der Waals surface area contributed by atoms with Crippen molar-refractivity contribution in [2.24, 2.45) is 5.92 Å². The number of rotatable bonds is 8. The molecule has 0 aliphatic heterocycles. The van der Waals surface area contributed by atoms with Crippen LogP contribution in [-0.4, -0.2) is 23.7 Å². The molecule has 0 aliphatic carbocycles. The largest absolute Gasteiger partial charge is 0.391 e. The van der Waals surface area contributed by atoms with Gasteiger partial charge in [0.25, 0.3) is 0 Å². The molecule has 1 aromatic carbocycles. The van der Waals surface area contributed by atoms with E-state index in [1.165, 1.54) is 0 Å². The van der Waals surface area contributed by atoms with Crippen molar-refractivity contribution in [1.82, 2.24) is 5.32 Å². The Morgan fingerprint density at radius 2 is 2.05 bits per heavy atom. The molecule has 0 radical (unpaired) electrons. The molecule has 0 heterocycles. The van der Waals surface area contributed by atoms with Crippen LogP contribution in [0, 0.1) is 5.92 Å². The summed E-state index contributed by atoms with van der Waals surface area (Å²) < 4.78 is 0. The Morgan fingerprint density at radius 1 is 1.35 bits per heavy atom. The predicted octanol–water partition coefficient (Wildman–Crippen LogP) is 3.00. The van der Waals surface area contributed by atoms with Gasteiger partial charge in [-0.05, 0) is 17.9 Å². The standard InChI is InChI=1S/C17H25NO2/c1-3-14(2)16(19)13-18-17(20)12-8-7-11-15-9-5-4-6-10-15/h4-7,9-11,14,16,19H,3,8,12-13H2,1-2H3,(H,18,20)/b11-7+. The van der Waals surface area contributed by atoms with Gasteiger partial charge in [-0.15, -0.1) is 0 Å². The van der Waals surface area contributed by atoms with Crippen molar-refractivity contribution in [3.63, 3.8) is 0 Å². The van der Waals surface area contributed by atoms with E-state index >= 15 is 0 Å². The third-order valence-electron chi connectivity index (χ3n) is 3.46. The number of carbonyl (C=O) groups is 1. The van der Waals surface area contributed by atoms with Crippen molar-refractivity contribution in [2.45, 2.75) is 39.2 Å². The lowest BCUT2D eigenvalue weighted by atomic mass is 10.0. The minimum atomic E-state index is -0.455. The van der Waals surface area contributed by atoms with Crippen LogP contribution in [0.4, 0.5) is 0 Å². The number of benzene rings is 1. The van der Waals surface area contributed by atoms with Crippen molar-refractivity contribution in [3.8, 4) is 0 Å². The maximum atomic E-state index is 11.6. The van der Waals surface area contributed by atoms with Crippen molar-refractivity contribution < 1.29 is 9.90 Å². The fourth-order valence-electron chi connectivity index (χ4n) is 1.78. The molecule has 110 valence electrons. The van der Waals surface area contributed by atoms with Gasteiger partial charge in [0.05, 0.1) is 6.10 Å². The van der Waals surface area contributed by atoms with Gasteiger partial charge in [0.15, 0.2) is 0 Å². The monoisotopic (exact) mass is 275 g/mol. The first-order valence-electron chi connectivity index (χ1n) is 7.29. The maximum Gasteiger partial charge on any atom is 0.220 e. The highest BCUT2D eigenvalue weighted by molar-refractivity contribution is 5.76. The zero-order chi connectivity index (χ0) is 14.8. The topological polar surface area (TPSA) is 49.3 Å². The summed E-state index contributed by atoms with van der Waals surface area (Å²) in [5.74, 6) is 0.207. The van der Waals surface area contributed by atoms with Crippen LogP contribution in [0.1, 0.15) is 38.7 Å². The van der Waals surface area contributed by atoms with Crippen LogP contribution in [0.3, 0.4) is 0 Å². The summed E-state index contributed by atoms with van der Waals surface area (Å²) in [7, 11) is 0. The first kappa shape index (κ1) is 16.4. The Morgan fingerprint density at radius 3 is 2.70 bits per heavy atom. The molecular formula is C17H25NO2. The van der Waals surface area contributed by atoms with E-state index in [0.717, 1.165) is 12.0 Å². The van der Waals surface area contributed by atoms with E-state index in [0.29, 0.717) is 19.4 Å². The molecule has 2 unspecified atom stereocenters. The fourth-order valence-corrected chi connectivity index (χ4v) is 1.78. The summed E-state index contributed by atoms with van der Waals surface area (Å²) in [6, 6.07) is 10.0. The molecule has 1 amide bonds. The third-order valence-corrected chi connectivity index (χ3v) is 3.46. The van der Waals surface area contributed by atoms with Gasteiger partial charge < -0.3 is 10.4 Å². The van der Waals surface area contributed by atoms with Crippen LogP contribution >= 0.6 is 0 Å². The second-order valence-corrected chi connectivity index (χ2v) is 5.11. The summed E-state index contributed by atoms with van der Waals surface area (Å²) in [6.45, 7) is 4.36. The Labute approximate surface area is 121 Å². The summed E-state index contributed by atoms with van der Waals surface area (Å²) in [5, 5.41) is 12.5. The number of nitrogens with one attached hydrogen (secondary N) is 1. The molecular weight excluding hydrogens is 250 g/mol. The molecule has 0 bridgehead atoms. The van der Waals surface area contributed by atoms with Crippen LogP contribution in [0.5, 0.6) is 0 Å². The van der Waals surface area contributed by atoms with E-state index in [-0.39, 0.29) is 11.8 Å². The fraction of sp³-hybridized carbons (Fsp3) is 0.471. The van der Waals surface area contributed by atoms with E-state index in [1.54, 1.807) is 0 Å². The molecule has 3 nitrogen and oxygen atoms in total. The molecule has 0 saturated heterocycles. The molecule has 0 aliphatic rings. The lowest BCUT2D eigenvalue weighted by molar-refractivity contribution is -0.121. The summed E-state index contributed by atoms with van der Waals surface area (Å²) in [4.78, 5) is 11.6. The highest BCUT2D eigenvalue weighted by Gasteiger charge is 2.12. The second-order valence-electron chi connectivity index (χ2n) is 5.11. The minimum Gasteiger partial charge on any atom is -0.391 e. The first-order valence-corrected chi connectivity index (χ1v) is 7.29. The number of amides is 1. The van der Waals surface area contributed by atoms with Gasteiger partial charge in [0, 0.05) is 13.0 Å². The van der Waals surface area contributed by atoms with E-state index in [9.17, 15) is 9.90 Å². The summed E-state index contributed by atoms with van der Waals surface area (Å²) >= 11 is 0. The molecule has 1 aromatic rings. The summed E-state index contributed by atoms with van der Waals surface area (Å²) in [6.07, 6.45) is 5.64. The van der Waals surface area contributed by atoms with Gasteiger partial charge in [0.2, 0.25) is 5.91 Å². The Bertz CT molecular complexity index is 414. The second kappa shape index (κ2) is 9.32. The third kappa shape index (κ3) is 6.53. The molecule has 0 fully saturated rings. The number of hydrogen-bond donors (Lipinski definition) is 2. The van der Waals surface area contributed by atoms with Gasteiger partial charge in [0.1, 0.15) is 0 Å². The van der Waals surface area contributed by atoms with Crippen molar-refractivity contribution >= 4 is 12.0 Å². The zero-order valence-corrected chi connectivity index (χ0v) is 12.4.